The summed E-state index contributed by atoms with van der Waals surface area (Å²) in [5.41, 5.74) is 0.944. The Hall–Kier alpha value is -2.38. The molecule has 0 aliphatic carbocycles. The van der Waals surface area contributed by atoms with Crippen LogP contribution in [0.15, 0.2) is 58.1 Å². The van der Waals surface area contributed by atoms with Gasteiger partial charge in [0.05, 0.1) is 18.3 Å². The molecule has 1 unspecified atom stereocenters. The molecular weight excluding hydrogens is 330 g/mol. The first-order valence-corrected chi connectivity index (χ1v) is 8.77. The Morgan fingerprint density at radius 1 is 1.29 bits per heavy atom. The summed E-state index contributed by atoms with van der Waals surface area (Å²) in [5.74, 6) is -0.0465. The molecule has 7 heteroatoms. The molecule has 0 saturated heterocycles. The fourth-order valence-electron chi connectivity index (χ4n) is 2.01. The van der Waals surface area contributed by atoms with Crippen LogP contribution in [0.25, 0.3) is 6.08 Å². The fraction of sp³-hybridized carbons (Fsp3) is 0.235. The largest absolute Gasteiger partial charge is 0.468 e. The number of ether oxygens (including phenoxy) is 1. The maximum absolute atomic E-state index is 12.4. The lowest BCUT2D eigenvalue weighted by molar-refractivity contribution is -0.142. The van der Waals surface area contributed by atoms with E-state index in [0.717, 1.165) is 5.56 Å². The van der Waals surface area contributed by atoms with Crippen molar-refractivity contribution in [1.29, 1.82) is 0 Å². The van der Waals surface area contributed by atoms with Gasteiger partial charge in [-0.05, 0) is 43.7 Å². The van der Waals surface area contributed by atoms with Crippen molar-refractivity contribution in [3.63, 3.8) is 0 Å². The van der Waals surface area contributed by atoms with Gasteiger partial charge in [0.2, 0.25) is 10.0 Å². The van der Waals surface area contributed by atoms with Crippen molar-refractivity contribution in [2.24, 2.45) is 0 Å². The molecule has 0 amide bonds. The molecular formula is C17H19NO5S. The van der Waals surface area contributed by atoms with E-state index in [-0.39, 0.29) is 11.3 Å². The molecule has 0 aliphatic rings. The van der Waals surface area contributed by atoms with Crippen LogP contribution in [0.4, 0.5) is 0 Å². The van der Waals surface area contributed by atoms with Crippen molar-refractivity contribution in [3.05, 3.63) is 60.1 Å². The first-order chi connectivity index (χ1) is 11.4. The number of esters is 1. The average molecular weight is 349 g/mol. The minimum absolute atomic E-state index is 0.0945. The van der Waals surface area contributed by atoms with Crippen LogP contribution in [0.2, 0.25) is 0 Å². The van der Waals surface area contributed by atoms with Crippen LogP contribution in [-0.4, -0.2) is 27.5 Å². The molecule has 1 aromatic heterocycles. The topological polar surface area (TPSA) is 85.6 Å². The van der Waals surface area contributed by atoms with Crippen LogP contribution in [0.5, 0.6) is 0 Å². The van der Waals surface area contributed by atoms with Gasteiger partial charge in [-0.2, -0.15) is 4.72 Å². The van der Waals surface area contributed by atoms with Gasteiger partial charge in [0.1, 0.15) is 11.8 Å². The van der Waals surface area contributed by atoms with Gasteiger partial charge in [0.15, 0.2) is 0 Å². The van der Waals surface area contributed by atoms with Gasteiger partial charge >= 0.3 is 5.97 Å². The predicted molar refractivity (Wildman–Crippen MR) is 89.7 cm³/mol. The third-order valence-corrected chi connectivity index (χ3v) is 4.80. The molecule has 128 valence electrons. The van der Waals surface area contributed by atoms with Crippen molar-refractivity contribution < 1.29 is 22.4 Å². The Morgan fingerprint density at radius 2 is 2.00 bits per heavy atom. The first-order valence-electron chi connectivity index (χ1n) is 7.29. The van der Waals surface area contributed by atoms with Crippen LogP contribution in [-0.2, 0) is 19.6 Å². The molecule has 0 fully saturated rings. The smallest absolute Gasteiger partial charge is 0.324 e. The molecule has 1 atom stereocenters. The highest BCUT2D eigenvalue weighted by Gasteiger charge is 2.25. The minimum Gasteiger partial charge on any atom is -0.468 e. The lowest BCUT2D eigenvalue weighted by Gasteiger charge is -2.15. The summed E-state index contributed by atoms with van der Waals surface area (Å²) in [6, 6.07) is 8.83. The van der Waals surface area contributed by atoms with E-state index in [9.17, 15) is 13.2 Å². The zero-order valence-electron chi connectivity index (χ0n) is 13.4. The van der Waals surface area contributed by atoms with E-state index in [1.54, 1.807) is 36.4 Å². The van der Waals surface area contributed by atoms with E-state index in [1.165, 1.54) is 25.5 Å². The number of carbonyl (C=O) groups is 1. The van der Waals surface area contributed by atoms with Crippen molar-refractivity contribution in [3.8, 4) is 0 Å². The van der Waals surface area contributed by atoms with Crippen molar-refractivity contribution in [2.75, 3.05) is 7.11 Å². The zero-order valence-corrected chi connectivity index (χ0v) is 14.2. The molecule has 0 aliphatic heterocycles. The number of methoxy groups -OCH3 is 1. The highest BCUT2D eigenvalue weighted by molar-refractivity contribution is 7.89. The summed E-state index contributed by atoms with van der Waals surface area (Å²) >= 11 is 0. The summed E-state index contributed by atoms with van der Waals surface area (Å²) in [7, 11) is -2.61. The quantitative estimate of drug-likeness (QED) is 0.776. The Bertz CT molecular complexity index is 792. The normalized spacial score (nSPS) is 13.1. The molecule has 24 heavy (non-hydrogen) atoms. The molecule has 2 rings (SSSR count). The highest BCUT2D eigenvalue weighted by atomic mass is 32.2. The van der Waals surface area contributed by atoms with E-state index in [1.807, 2.05) is 6.92 Å². The van der Waals surface area contributed by atoms with Gasteiger partial charge in [-0.15, -0.1) is 0 Å². The number of hydrogen-bond donors (Lipinski definition) is 1. The van der Waals surface area contributed by atoms with Crippen LogP contribution in [0, 0.1) is 6.92 Å². The van der Waals surface area contributed by atoms with E-state index in [0.29, 0.717) is 5.76 Å². The summed E-state index contributed by atoms with van der Waals surface area (Å²) in [4.78, 5) is 12.0. The maximum atomic E-state index is 12.4. The number of hydrogen-bond acceptors (Lipinski definition) is 5. The van der Waals surface area contributed by atoms with Gasteiger partial charge < -0.3 is 9.15 Å². The molecule has 0 saturated carbocycles. The molecule has 1 aromatic carbocycles. The molecule has 0 radical (unpaired) electrons. The zero-order chi connectivity index (χ0) is 17.6. The number of nitrogens with one attached hydrogen (secondary N) is 1. The van der Waals surface area contributed by atoms with Gasteiger partial charge in [0.25, 0.3) is 0 Å². The number of furan rings is 1. The summed E-state index contributed by atoms with van der Waals surface area (Å²) in [6.07, 6.45) is 4.98. The molecule has 1 heterocycles. The fourth-order valence-corrected chi connectivity index (χ4v) is 3.21. The van der Waals surface area contributed by atoms with E-state index in [4.69, 9.17) is 4.42 Å². The lowest BCUT2D eigenvalue weighted by atomic mass is 10.2. The van der Waals surface area contributed by atoms with Crippen LogP contribution < -0.4 is 4.72 Å². The lowest BCUT2D eigenvalue weighted by Crippen LogP contribution is -2.41. The average Bonchev–Trinajstić information content (AvgIpc) is 3.07. The Morgan fingerprint density at radius 3 is 2.58 bits per heavy atom. The number of rotatable bonds is 7. The SMILES string of the molecule is COC(=O)C(C/C=C/c1ccco1)NS(=O)(=O)c1ccc(C)cc1. The van der Waals surface area contributed by atoms with Gasteiger partial charge in [-0.1, -0.05) is 23.8 Å². The second kappa shape index (κ2) is 7.94. The number of benzene rings is 1. The van der Waals surface area contributed by atoms with Gasteiger partial charge in [-0.3, -0.25) is 4.79 Å². The molecule has 6 nitrogen and oxygen atoms in total. The summed E-state index contributed by atoms with van der Waals surface area (Å²) in [6.45, 7) is 1.86. The van der Waals surface area contributed by atoms with E-state index in [2.05, 4.69) is 9.46 Å². The number of carbonyl (C=O) groups excluding carboxylic acids is 1. The predicted octanol–water partition coefficient (Wildman–Crippen LogP) is 2.51. The summed E-state index contributed by atoms with van der Waals surface area (Å²) < 4.78 is 37.0. The monoisotopic (exact) mass is 349 g/mol. The minimum atomic E-state index is -3.82. The van der Waals surface area contributed by atoms with Crippen LogP contribution in [0.1, 0.15) is 17.7 Å². The van der Waals surface area contributed by atoms with E-state index < -0.39 is 22.0 Å². The second-order valence-corrected chi connectivity index (χ2v) is 6.88. The molecule has 0 spiro atoms. The standard InChI is InChI=1S/C17H19NO5S/c1-13-8-10-15(11-9-13)24(20,21)18-16(17(19)22-2)7-3-5-14-6-4-12-23-14/h3-6,8-12,16,18H,7H2,1-2H3/b5-3+. The van der Waals surface area contributed by atoms with Gasteiger partial charge in [-0.25, -0.2) is 8.42 Å². The first kappa shape index (κ1) is 18.0. The highest BCUT2D eigenvalue weighted by Crippen LogP contribution is 2.12. The van der Waals surface area contributed by atoms with Crippen molar-refractivity contribution in [2.45, 2.75) is 24.3 Å². The number of sulfonamides is 1. The maximum Gasteiger partial charge on any atom is 0.324 e. The second-order valence-electron chi connectivity index (χ2n) is 5.16. The Labute approximate surface area is 141 Å². The molecule has 2 aromatic rings. The van der Waals surface area contributed by atoms with Crippen LogP contribution in [0.3, 0.4) is 0 Å². The Kier molecular flexibility index (Phi) is 5.94. The van der Waals surface area contributed by atoms with Crippen molar-refractivity contribution >= 4 is 22.1 Å². The molecule has 1 N–H and O–H groups in total. The van der Waals surface area contributed by atoms with Crippen LogP contribution >= 0.6 is 0 Å². The van der Waals surface area contributed by atoms with Crippen molar-refractivity contribution in [1.82, 2.24) is 4.72 Å². The molecule has 0 bridgehead atoms. The third-order valence-electron chi connectivity index (χ3n) is 3.31. The Balaban J connectivity index is 2.12. The summed E-state index contributed by atoms with van der Waals surface area (Å²) in [5, 5.41) is 0. The number of aryl methyl sites for hydroxylation is 1. The third kappa shape index (κ3) is 4.81. The van der Waals surface area contributed by atoms with E-state index >= 15 is 0 Å². The van der Waals surface area contributed by atoms with Gasteiger partial charge in [0, 0.05) is 0 Å².